The number of nitrogens with zero attached hydrogens (tertiary/aromatic N) is 5. The third kappa shape index (κ3) is 7.57. The molecule has 172 valence electrons. The van der Waals surface area contributed by atoms with Crippen molar-refractivity contribution in [1.29, 1.82) is 0 Å². The van der Waals surface area contributed by atoms with Crippen LogP contribution in [-0.2, 0) is 0 Å². The van der Waals surface area contributed by atoms with E-state index in [0.29, 0.717) is 20.8 Å². The maximum absolute atomic E-state index is 11.1. The first kappa shape index (κ1) is 25.3. The third-order valence-electron chi connectivity index (χ3n) is 3.80. The third-order valence-corrected chi connectivity index (χ3v) is 4.74. The molecule has 3 N–H and O–H groups in total. The summed E-state index contributed by atoms with van der Waals surface area (Å²) in [6, 6.07) is 9.63. The standard InChI is InChI=1S/C10H9N3O3.C8H7IO3.C2H3N3/c1-16-7-2-3-9(8(6-7)10(14)15)13-11-4-5-12-13;1-12-5-2-3-7(9)6(4-5)8(10)11;1-2-4-5-3-1/h2-6H,1H3,(H,14,15);2-4H,1H3,(H,10,11);1-2H,(H,3,4,5). The van der Waals surface area contributed by atoms with Gasteiger partial charge in [0.05, 0.1) is 50.1 Å². The van der Waals surface area contributed by atoms with Gasteiger partial charge in [0.2, 0.25) is 0 Å². The van der Waals surface area contributed by atoms with Crippen LogP contribution in [0.2, 0.25) is 0 Å². The van der Waals surface area contributed by atoms with E-state index in [1.165, 1.54) is 43.5 Å². The highest BCUT2D eigenvalue weighted by Gasteiger charge is 2.14. The van der Waals surface area contributed by atoms with Crippen LogP contribution in [0.3, 0.4) is 0 Å². The maximum Gasteiger partial charge on any atom is 0.338 e. The Balaban J connectivity index is 0.000000198. The second-order valence-corrected chi connectivity index (χ2v) is 6.98. The molecule has 4 rings (SSSR count). The Morgan fingerprint density at radius 3 is 1.82 bits per heavy atom. The molecule has 0 bridgehead atoms. The summed E-state index contributed by atoms with van der Waals surface area (Å²) in [5.41, 5.74) is 0.767. The Kier molecular flexibility index (Phi) is 9.76. The number of nitrogens with one attached hydrogen (secondary N) is 1. The van der Waals surface area contributed by atoms with Crippen LogP contribution in [0.4, 0.5) is 0 Å². The summed E-state index contributed by atoms with van der Waals surface area (Å²) in [5, 5.41) is 34.9. The highest BCUT2D eigenvalue weighted by molar-refractivity contribution is 14.1. The van der Waals surface area contributed by atoms with Gasteiger partial charge >= 0.3 is 11.9 Å². The summed E-state index contributed by atoms with van der Waals surface area (Å²) in [6.07, 6.45) is 6.13. The van der Waals surface area contributed by atoms with Crippen LogP contribution in [-0.4, -0.2) is 66.8 Å². The van der Waals surface area contributed by atoms with E-state index >= 15 is 0 Å². The van der Waals surface area contributed by atoms with Crippen LogP contribution in [0.5, 0.6) is 11.5 Å². The number of aromatic carboxylic acids is 2. The number of carbonyl (C=O) groups is 2. The van der Waals surface area contributed by atoms with E-state index in [0.717, 1.165) is 0 Å². The first-order chi connectivity index (χ1) is 15.9. The number of benzene rings is 2. The summed E-state index contributed by atoms with van der Waals surface area (Å²) in [5.74, 6) is -0.939. The summed E-state index contributed by atoms with van der Waals surface area (Å²) in [4.78, 5) is 22.9. The number of methoxy groups -OCH3 is 2. The van der Waals surface area contributed by atoms with E-state index in [1.54, 1.807) is 36.7 Å². The van der Waals surface area contributed by atoms with E-state index in [4.69, 9.17) is 19.7 Å². The van der Waals surface area contributed by atoms with Crippen molar-refractivity contribution in [2.45, 2.75) is 0 Å². The minimum absolute atomic E-state index is 0.0931. The molecule has 4 aromatic rings. The largest absolute Gasteiger partial charge is 0.497 e. The molecule has 0 aliphatic rings. The Bertz CT molecular complexity index is 1150. The number of hydrogen-bond donors (Lipinski definition) is 3. The molecule has 0 spiro atoms. The molecule has 0 saturated heterocycles. The topological polar surface area (TPSA) is 165 Å². The smallest absolute Gasteiger partial charge is 0.338 e. The van der Waals surface area contributed by atoms with Crippen molar-refractivity contribution >= 4 is 34.5 Å². The predicted octanol–water partition coefficient (Wildman–Crippen LogP) is 2.78. The van der Waals surface area contributed by atoms with Gasteiger partial charge in [0.1, 0.15) is 17.2 Å². The molecular weight excluding hydrogens is 547 g/mol. The maximum atomic E-state index is 11.1. The van der Waals surface area contributed by atoms with E-state index in [9.17, 15) is 9.59 Å². The Hall–Kier alpha value is -4.01. The van der Waals surface area contributed by atoms with E-state index < -0.39 is 11.9 Å². The molecule has 0 saturated carbocycles. The minimum atomic E-state index is -1.05. The molecule has 0 fully saturated rings. The average Bonchev–Trinajstić information content (AvgIpc) is 3.56. The van der Waals surface area contributed by atoms with E-state index in [1.807, 2.05) is 22.6 Å². The lowest BCUT2D eigenvalue weighted by Gasteiger charge is -2.06. The van der Waals surface area contributed by atoms with Crippen LogP contribution in [0.1, 0.15) is 20.7 Å². The molecule has 12 nitrogen and oxygen atoms in total. The molecule has 0 aliphatic heterocycles. The zero-order valence-electron chi connectivity index (χ0n) is 17.4. The SMILES string of the molecule is COc1ccc(-n2nccn2)c(C(=O)O)c1.COc1ccc(I)c(C(=O)O)c1.c1cn[nH]n1. The molecule has 33 heavy (non-hydrogen) atoms. The van der Waals surface area contributed by atoms with Gasteiger partial charge in [-0.2, -0.15) is 30.4 Å². The summed E-state index contributed by atoms with van der Waals surface area (Å²) < 4.78 is 10.6. The molecule has 0 unspecified atom stereocenters. The Morgan fingerprint density at radius 1 is 0.848 bits per heavy atom. The van der Waals surface area contributed by atoms with Crippen LogP contribution >= 0.6 is 22.6 Å². The van der Waals surface area contributed by atoms with Crippen molar-refractivity contribution in [3.05, 3.63) is 75.9 Å². The Labute approximate surface area is 201 Å². The van der Waals surface area contributed by atoms with Gasteiger partial charge in [0, 0.05) is 3.57 Å². The number of halogens is 1. The number of rotatable bonds is 5. The van der Waals surface area contributed by atoms with Gasteiger partial charge in [-0.15, -0.1) is 0 Å². The normalized spacial score (nSPS) is 9.55. The van der Waals surface area contributed by atoms with E-state index in [-0.39, 0.29) is 11.1 Å². The highest BCUT2D eigenvalue weighted by atomic mass is 127. The van der Waals surface area contributed by atoms with Gasteiger partial charge in [-0.3, -0.25) is 0 Å². The van der Waals surface area contributed by atoms with Crippen molar-refractivity contribution in [2.24, 2.45) is 0 Å². The average molecular weight is 566 g/mol. The van der Waals surface area contributed by atoms with E-state index in [2.05, 4.69) is 25.6 Å². The van der Waals surface area contributed by atoms with Crippen LogP contribution in [0.25, 0.3) is 5.69 Å². The van der Waals surface area contributed by atoms with Crippen LogP contribution in [0, 0.1) is 3.57 Å². The fourth-order valence-electron chi connectivity index (χ4n) is 2.29. The zero-order chi connectivity index (χ0) is 24.2. The quantitative estimate of drug-likeness (QED) is 0.306. The van der Waals surface area contributed by atoms with Gasteiger partial charge in [-0.25, -0.2) is 9.59 Å². The second-order valence-electron chi connectivity index (χ2n) is 5.81. The number of aromatic nitrogens is 6. The van der Waals surface area contributed by atoms with Gasteiger partial charge < -0.3 is 19.7 Å². The van der Waals surface area contributed by atoms with Crippen molar-refractivity contribution < 1.29 is 29.3 Å². The molecule has 0 aliphatic carbocycles. The molecule has 13 heteroatoms. The summed E-state index contributed by atoms with van der Waals surface area (Å²) in [7, 11) is 2.99. The lowest BCUT2D eigenvalue weighted by molar-refractivity contribution is 0.0685. The number of H-pyrrole nitrogens is 1. The summed E-state index contributed by atoms with van der Waals surface area (Å²) in [6.45, 7) is 0. The first-order valence-electron chi connectivity index (χ1n) is 9.02. The molecule has 0 atom stereocenters. The molecule has 0 amide bonds. The highest BCUT2D eigenvalue weighted by Crippen LogP contribution is 2.20. The number of aromatic amines is 1. The fraction of sp³-hybridized carbons (Fsp3) is 0.100. The molecule has 2 aromatic carbocycles. The fourth-order valence-corrected chi connectivity index (χ4v) is 2.86. The lowest BCUT2D eigenvalue weighted by Crippen LogP contribution is -2.08. The van der Waals surface area contributed by atoms with Crippen molar-refractivity contribution in [2.75, 3.05) is 14.2 Å². The minimum Gasteiger partial charge on any atom is -0.497 e. The van der Waals surface area contributed by atoms with Gasteiger partial charge in [-0.1, -0.05) is 0 Å². The van der Waals surface area contributed by atoms with Gasteiger partial charge in [0.25, 0.3) is 0 Å². The monoisotopic (exact) mass is 566 g/mol. The Morgan fingerprint density at radius 2 is 1.36 bits per heavy atom. The van der Waals surface area contributed by atoms with Crippen molar-refractivity contribution in [3.8, 4) is 17.2 Å². The van der Waals surface area contributed by atoms with Gasteiger partial charge in [0.15, 0.2) is 0 Å². The molecule has 2 aromatic heterocycles. The van der Waals surface area contributed by atoms with Crippen LogP contribution in [0.15, 0.2) is 61.2 Å². The lowest BCUT2D eigenvalue weighted by atomic mass is 10.1. The molecular formula is C20H19IN6O6. The van der Waals surface area contributed by atoms with Crippen molar-refractivity contribution in [3.63, 3.8) is 0 Å². The molecule has 0 radical (unpaired) electrons. The number of ether oxygens (including phenoxy) is 2. The zero-order valence-corrected chi connectivity index (χ0v) is 19.6. The second kappa shape index (κ2) is 12.7. The number of carboxylic acid groups (broad SMARTS) is 2. The van der Waals surface area contributed by atoms with Gasteiger partial charge in [-0.05, 0) is 59.0 Å². The van der Waals surface area contributed by atoms with Crippen LogP contribution < -0.4 is 9.47 Å². The number of hydrogen-bond acceptors (Lipinski definition) is 8. The number of carboxylic acids is 2. The first-order valence-corrected chi connectivity index (χ1v) is 10.1. The molecule has 2 heterocycles. The predicted molar refractivity (Wildman–Crippen MR) is 124 cm³/mol. The van der Waals surface area contributed by atoms with Crippen molar-refractivity contribution in [1.82, 2.24) is 30.4 Å². The summed E-state index contributed by atoms with van der Waals surface area (Å²) >= 11 is 1.97.